The topological polar surface area (TPSA) is 76.1 Å². The summed E-state index contributed by atoms with van der Waals surface area (Å²) in [5, 5.41) is 5.93. The van der Waals surface area contributed by atoms with Crippen molar-refractivity contribution in [3.05, 3.63) is 41.6 Å². The molecule has 6 nitrogen and oxygen atoms in total. The molecule has 2 aromatic rings. The molecule has 1 heterocycles. The zero-order chi connectivity index (χ0) is 20.0. The van der Waals surface area contributed by atoms with Gasteiger partial charge >= 0.3 is 6.09 Å². The van der Waals surface area contributed by atoms with Crippen LogP contribution < -0.4 is 10.6 Å². The van der Waals surface area contributed by atoms with E-state index in [1.165, 1.54) is 5.56 Å². The van der Waals surface area contributed by atoms with Gasteiger partial charge in [-0.25, -0.2) is 14.8 Å². The average Bonchev–Trinajstić information content (AvgIpc) is 3.04. The minimum absolute atomic E-state index is 0.00262. The Balaban J connectivity index is 0.00000126. The number of alkyl carbamates (subject to hydrolysis) is 1. The van der Waals surface area contributed by atoms with Crippen LogP contribution in [0.15, 0.2) is 30.5 Å². The first-order valence-electron chi connectivity index (χ1n) is 9.49. The summed E-state index contributed by atoms with van der Waals surface area (Å²) in [6.07, 6.45) is 3.18. The number of nitrogens with zero attached hydrogens (tertiary/aromatic N) is 2. The number of hydrogen-bond acceptors (Lipinski definition) is 5. The van der Waals surface area contributed by atoms with E-state index >= 15 is 0 Å². The fraction of sp³-hybridized carbons (Fsp3) is 0.476. The first kappa shape index (κ1) is 20.7. The Morgan fingerprint density at radius 1 is 1.22 bits per heavy atom. The van der Waals surface area contributed by atoms with Gasteiger partial charge in [0.1, 0.15) is 5.60 Å². The van der Waals surface area contributed by atoms with Gasteiger partial charge in [-0.1, -0.05) is 26.0 Å². The highest BCUT2D eigenvalue weighted by Crippen LogP contribution is 2.34. The van der Waals surface area contributed by atoms with Crippen LogP contribution in [0.1, 0.15) is 58.2 Å². The lowest BCUT2D eigenvalue weighted by atomic mass is 10.0. The average molecular weight is 370 g/mol. The lowest BCUT2D eigenvalue weighted by molar-refractivity contribution is 0.0503. The van der Waals surface area contributed by atoms with Crippen LogP contribution in [0.4, 0.5) is 10.7 Å². The minimum Gasteiger partial charge on any atom is -0.444 e. The van der Waals surface area contributed by atoms with Crippen LogP contribution in [-0.2, 0) is 11.2 Å². The molecule has 0 aliphatic heterocycles. The third kappa shape index (κ3) is 5.42. The van der Waals surface area contributed by atoms with Gasteiger partial charge in [0, 0.05) is 18.8 Å². The van der Waals surface area contributed by atoms with Gasteiger partial charge in [0.25, 0.3) is 0 Å². The third-order valence-corrected chi connectivity index (χ3v) is 4.09. The monoisotopic (exact) mass is 370 g/mol. The van der Waals surface area contributed by atoms with E-state index in [4.69, 9.17) is 4.74 Å². The molecule has 1 amide bonds. The van der Waals surface area contributed by atoms with E-state index in [-0.39, 0.29) is 12.1 Å². The van der Waals surface area contributed by atoms with Crippen molar-refractivity contribution in [3.8, 4) is 11.3 Å². The second-order valence-electron chi connectivity index (χ2n) is 7.17. The van der Waals surface area contributed by atoms with Gasteiger partial charge in [-0.15, -0.1) is 0 Å². The van der Waals surface area contributed by atoms with Crippen LogP contribution in [0, 0.1) is 0 Å². The molecule has 1 atom stereocenters. The number of carbonyl (C=O) groups excluding carboxylic acids is 1. The standard InChI is InChI=1S/C19H24N4O2.C2H6/c1-19(2,3)25-18(24)23-16-8-6-12-11-13(5-7-14(12)16)15-9-10-21-17(20-4)22-15;1-2/h5,7,9-11,16H,6,8H2,1-4H3,(H,23,24)(H,20,21,22);1-2H3. The molecule has 0 bridgehead atoms. The number of aryl methyl sites for hydroxylation is 1. The van der Waals surface area contributed by atoms with Crippen LogP contribution in [-0.4, -0.2) is 28.7 Å². The molecule has 0 saturated carbocycles. The van der Waals surface area contributed by atoms with Crippen molar-refractivity contribution >= 4 is 12.0 Å². The Kier molecular flexibility index (Phi) is 6.77. The van der Waals surface area contributed by atoms with Crippen LogP contribution in [0.3, 0.4) is 0 Å². The highest BCUT2D eigenvalue weighted by molar-refractivity contribution is 5.69. The number of ether oxygens (including phenoxy) is 1. The number of fused-ring (bicyclic) bond motifs is 1. The van der Waals surface area contributed by atoms with E-state index in [1.54, 1.807) is 13.2 Å². The lowest BCUT2D eigenvalue weighted by Gasteiger charge is -2.22. The zero-order valence-corrected chi connectivity index (χ0v) is 17.1. The molecule has 2 N–H and O–H groups in total. The molecule has 1 aromatic heterocycles. The van der Waals surface area contributed by atoms with Crippen molar-refractivity contribution in [2.24, 2.45) is 0 Å². The van der Waals surface area contributed by atoms with E-state index in [2.05, 4.69) is 32.7 Å². The van der Waals surface area contributed by atoms with Gasteiger partial charge < -0.3 is 15.4 Å². The minimum atomic E-state index is -0.493. The summed E-state index contributed by atoms with van der Waals surface area (Å²) in [6, 6.07) is 8.15. The van der Waals surface area contributed by atoms with Crippen molar-refractivity contribution in [2.45, 2.75) is 59.1 Å². The molecule has 1 aliphatic rings. The second-order valence-corrected chi connectivity index (χ2v) is 7.17. The smallest absolute Gasteiger partial charge is 0.408 e. The van der Waals surface area contributed by atoms with Crippen LogP contribution >= 0.6 is 0 Å². The predicted molar refractivity (Wildman–Crippen MR) is 109 cm³/mol. The zero-order valence-electron chi connectivity index (χ0n) is 17.1. The summed E-state index contributed by atoms with van der Waals surface area (Å²) in [5.41, 5.74) is 3.83. The summed E-state index contributed by atoms with van der Waals surface area (Å²) in [5.74, 6) is 0.600. The number of rotatable bonds is 3. The van der Waals surface area contributed by atoms with Crippen LogP contribution in [0.2, 0.25) is 0 Å². The summed E-state index contributed by atoms with van der Waals surface area (Å²) in [4.78, 5) is 20.7. The quantitative estimate of drug-likeness (QED) is 0.817. The number of hydrogen-bond donors (Lipinski definition) is 2. The largest absolute Gasteiger partial charge is 0.444 e. The highest BCUT2D eigenvalue weighted by Gasteiger charge is 2.26. The van der Waals surface area contributed by atoms with E-state index in [1.807, 2.05) is 46.8 Å². The SMILES string of the molecule is CC.CNc1nccc(-c2ccc3c(c2)CCC3NC(=O)OC(C)(C)C)n1. The Morgan fingerprint density at radius 2 is 1.96 bits per heavy atom. The summed E-state index contributed by atoms with van der Waals surface area (Å²) in [6.45, 7) is 9.59. The fourth-order valence-corrected chi connectivity index (χ4v) is 3.02. The van der Waals surface area contributed by atoms with E-state index in [0.29, 0.717) is 5.95 Å². The van der Waals surface area contributed by atoms with Gasteiger partial charge in [-0.3, -0.25) is 0 Å². The van der Waals surface area contributed by atoms with Crippen LogP contribution in [0.25, 0.3) is 11.3 Å². The number of carbonyl (C=O) groups is 1. The van der Waals surface area contributed by atoms with Gasteiger partial charge in [0.15, 0.2) is 0 Å². The maximum absolute atomic E-state index is 12.0. The predicted octanol–water partition coefficient (Wildman–Crippen LogP) is 4.72. The molecule has 0 saturated heterocycles. The number of amides is 1. The van der Waals surface area contributed by atoms with Crippen molar-refractivity contribution in [1.82, 2.24) is 15.3 Å². The number of benzene rings is 1. The molecule has 1 aliphatic carbocycles. The summed E-state index contributed by atoms with van der Waals surface area (Å²) in [7, 11) is 1.80. The Morgan fingerprint density at radius 3 is 2.63 bits per heavy atom. The maximum atomic E-state index is 12.0. The Bertz CT molecular complexity index is 784. The number of aromatic nitrogens is 2. The molecule has 146 valence electrons. The third-order valence-electron chi connectivity index (χ3n) is 4.09. The highest BCUT2D eigenvalue weighted by atomic mass is 16.6. The first-order chi connectivity index (χ1) is 12.9. The van der Waals surface area contributed by atoms with E-state index in [9.17, 15) is 4.79 Å². The van der Waals surface area contributed by atoms with Crippen molar-refractivity contribution in [3.63, 3.8) is 0 Å². The second kappa shape index (κ2) is 8.84. The van der Waals surface area contributed by atoms with E-state index in [0.717, 1.165) is 29.7 Å². The Labute approximate surface area is 161 Å². The molecule has 6 heteroatoms. The molecule has 0 fully saturated rings. The molecule has 0 radical (unpaired) electrons. The maximum Gasteiger partial charge on any atom is 0.408 e. The fourth-order valence-electron chi connectivity index (χ4n) is 3.02. The van der Waals surface area contributed by atoms with Crippen molar-refractivity contribution in [1.29, 1.82) is 0 Å². The van der Waals surface area contributed by atoms with Gasteiger partial charge in [-0.05, 0) is 56.9 Å². The van der Waals surface area contributed by atoms with Gasteiger partial charge in [0.2, 0.25) is 5.95 Å². The van der Waals surface area contributed by atoms with Gasteiger partial charge in [0.05, 0.1) is 11.7 Å². The van der Waals surface area contributed by atoms with Crippen molar-refractivity contribution in [2.75, 3.05) is 12.4 Å². The van der Waals surface area contributed by atoms with Gasteiger partial charge in [-0.2, -0.15) is 0 Å². The summed E-state index contributed by atoms with van der Waals surface area (Å²) >= 11 is 0. The normalized spacial score (nSPS) is 15.3. The molecular weight excluding hydrogens is 340 g/mol. The van der Waals surface area contributed by atoms with Crippen molar-refractivity contribution < 1.29 is 9.53 Å². The molecule has 1 aromatic carbocycles. The van der Waals surface area contributed by atoms with E-state index < -0.39 is 5.60 Å². The Hall–Kier alpha value is -2.63. The van der Waals surface area contributed by atoms with Crippen LogP contribution in [0.5, 0.6) is 0 Å². The molecule has 1 unspecified atom stereocenters. The molecular formula is C21H30N4O2. The molecule has 27 heavy (non-hydrogen) atoms. The lowest BCUT2D eigenvalue weighted by Crippen LogP contribution is -2.34. The molecule has 0 spiro atoms. The number of nitrogens with one attached hydrogen (secondary N) is 2. The molecule has 3 rings (SSSR count). The summed E-state index contributed by atoms with van der Waals surface area (Å²) < 4.78 is 5.36. The first-order valence-corrected chi connectivity index (χ1v) is 9.49. The number of anilines is 1.